The molecular formula is C13H20O9. The first-order valence-electron chi connectivity index (χ1n) is 6.60. The molecule has 0 aromatic rings. The monoisotopic (exact) mass is 320 g/mol. The molecule has 0 spiro atoms. The summed E-state index contributed by atoms with van der Waals surface area (Å²) in [6.45, 7) is 3.31. The molecule has 0 amide bonds. The number of esters is 3. The third-order valence-electron chi connectivity index (χ3n) is 2.94. The standard InChI is InChI=1S/C13H20O9/c1-6(14)19-5-9-10(18-4)11(20-7(2)15)12(13(17)22-9)21-8(3)16/h9-13,17H,5H2,1-4H3/t9?,10-,11?,12?,13+/m0/s1. The second-order valence-corrected chi connectivity index (χ2v) is 4.72. The van der Waals surface area contributed by atoms with E-state index in [0.717, 1.165) is 6.92 Å². The van der Waals surface area contributed by atoms with Crippen molar-refractivity contribution in [1.82, 2.24) is 0 Å². The van der Waals surface area contributed by atoms with E-state index in [1.54, 1.807) is 0 Å². The summed E-state index contributed by atoms with van der Waals surface area (Å²) in [5.74, 6) is -1.87. The summed E-state index contributed by atoms with van der Waals surface area (Å²) >= 11 is 0. The van der Waals surface area contributed by atoms with E-state index in [1.165, 1.54) is 21.0 Å². The molecule has 1 fully saturated rings. The Hall–Kier alpha value is -1.71. The Bertz CT molecular complexity index is 422. The molecule has 9 nitrogen and oxygen atoms in total. The van der Waals surface area contributed by atoms with Gasteiger partial charge in [-0.15, -0.1) is 0 Å². The van der Waals surface area contributed by atoms with Gasteiger partial charge in [0.05, 0.1) is 0 Å². The zero-order valence-electron chi connectivity index (χ0n) is 12.8. The lowest BCUT2D eigenvalue weighted by atomic mass is 9.98. The van der Waals surface area contributed by atoms with Crippen LogP contribution in [0.1, 0.15) is 20.8 Å². The highest BCUT2D eigenvalue weighted by Crippen LogP contribution is 2.27. The molecule has 0 bridgehead atoms. The number of rotatable bonds is 5. The Morgan fingerprint density at radius 3 is 1.95 bits per heavy atom. The minimum Gasteiger partial charge on any atom is -0.463 e. The van der Waals surface area contributed by atoms with Gasteiger partial charge in [-0.05, 0) is 0 Å². The zero-order valence-corrected chi connectivity index (χ0v) is 12.8. The van der Waals surface area contributed by atoms with Crippen LogP contribution >= 0.6 is 0 Å². The molecule has 0 aromatic heterocycles. The normalized spacial score (nSPS) is 31.2. The van der Waals surface area contributed by atoms with Crippen LogP contribution in [0.2, 0.25) is 0 Å². The number of ether oxygens (including phenoxy) is 5. The molecule has 1 saturated heterocycles. The van der Waals surface area contributed by atoms with Crippen LogP contribution in [0, 0.1) is 0 Å². The summed E-state index contributed by atoms with van der Waals surface area (Å²) in [6.07, 6.45) is -5.69. The molecule has 0 aliphatic carbocycles. The largest absolute Gasteiger partial charge is 0.463 e. The van der Waals surface area contributed by atoms with Gasteiger partial charge in [-0.3, -0.25) is 14.4 Å². The van der Waals surface area contributed by atoms with Crippen LogP contribution in [0.15, 0.2) is 0 Å². The highest BCUT2D eigenvalue weighted by Gasteiger charge is 2.50. The van der Waals surface area contributed by atoms with Gasteiger partial charge in [-0.2, -0.15) is 0 Å². The fraction of sp³-hybridized carbons (Fsp3) is 0.769. The van der Waals surface area contributed by atoms with Crippen LogP contribution in [-0.2, 0) is 38.1 Å². The molecule has 1 aliphatic heterocycles. The Labute approximate surface area is 127 Å². The van der Waals surface area contributed by atoms with E-state index in [1.807, 2.05) is 0 Å². The molecule has 1 heterocycles. The molecule has 5 atom stereocenters. The van der Waals surface area contributed by atoms with E-state index in [2.05, 4.69) is 0 Å². The predicted molar refractivity (Wildman–Crippen MR) is 69.4 cm³/mol. The van der Waals surface area contributed by atoms with Gasteiger partial charge >= 0.3 is 17.9 Å². The smallest absolute Gasteiger partial charge is 0.303 e. The Morgan fingerprint density at radius 2 is 1.50 bits per heavy atom. The topological polar surface area (TPSA) is 118 Å². The van der Waals surface area contributed by atoms with E-state index < -0.39 is 48.6 Å². The average molecular weight is 320 g/mol. The SMILES string of the molecule is CO[C@H]1C(COC(C)=O)O[C@@H](O)C(OC(C)=O)C1OC(C)=O. The first-order chi connectivity index (χ1) is 10.3. The maximum Gasteiger partial charge on any atom is 0.303 e. The Balaban J connectivity index is 2.96. The predicted octanol–water partition coefficient (Wildman–Crippen LogP) is -0.855. The molecule has 9 heteroatoms. The van der Waals surface area contributed by atoms with Gasteiger partial charge in [0.25, 0.3) is 0 Å². The molecule has 1 rings (SSSR count). The van der Waals surface area contributed by atoms with Crippen LogP contribution in [0.4, 0.5) is 0 Å². The van der Waals surface area contributed by atoms with Crippen molar-refractivity contribution >= 4 is 17.9 Å². The third-order valence-corrected chi connectivity index (χ3v) is 2.94. The summed E-state index contributed by atoms with van der Waals surface area (Å²) in [5.41, 5.74) is 0. The van der Waals surface area contributed by atoms with Gasteiger partial charge in [0.15, 0.2) is 18.5 Å². The van der Waals surface area contributed by atoms with Crippen molar-refractivity contribution in [3.8, 4) is 0 Å². The van der Waals surface area contributed by atoms with Gasteiger partial charge in [0.1, 0.15) is 18.8 Å². The second kappa shape index (κ2) is 8.06. The minimum atomic E-state index is -1.56. The number of hydrogen-bond donors (Lipinski definition) is 1. The van der Waals surface area contributed by atoms with Crippen LogP contribution in [-0.4, -0.2) is 67.4 Å². The highest BCUT2D eigenvalue weighted by atomic mass is 16.7. The maximum absolute atomic E-state index is 11.3. The van der Waals surface area contributed by atoms with Crippen LogP contribution < -0.4 is 0 Å². The van der Waals surface area contributed by atoms with Crippen molar-refractivity contribution < 1.29 is 43.2 Å². The van der Waals surface area contributed by atoms with Crippen LogP contribution in [0.25, 0.3) is 0 Å². The van der Waals surface area contributed by atoms with E-state index >= 15 is 0 Å². The zero-order chi connectivity index (χ0) is 16.9. The molecule has 1 N–H and O–H groups in total. The number of aliphatic hydroxyl groups is 1. The van der Waals surface area contributed by atoms with Gasteiger partial charge < -0.3 is 28.8 Å². The Kier molecular flexibility index (Phi) is 6.72. The van der Waals surface area contributed by atoms with Crippen molar-refractivity contribution in [1.29, 1.82) is 0 Å². The molecule has 1 aliphatic rings. The van der Waals surface area contributed by atoms with Crippen molar-refractivity contribution in [2.24, 2.45) is 0 Å². The average Bonchev–Trinajstić information content (AvgIpc) is 2.39. The van der Waals surface area contributed by atoms with Gasteiger partial charge in [0.2, 0.25) is 0 Å². The molecule has 22 heavy (non-hydrogen) atoms. The van der Waals surface area contributed by atoms with Crippen molar-refractivity contribution in [3.05, 3.63) is 0 Å². The van der Waals surface area contributed by atoms with Crippen LogP contribution in [0.3, 0.4) is 0 Å². The number of carbonyl (C=O) groups is 3. The van der Waals surface area contributed by atoms with Gasteiger partial charge in [0, 0.05) is 27.9 Å². The van der Waals surface area contributed by atoms with Crippen molar-refractivity contribution in [3.63, 3.8) is 0 Å². The fourth-order valence-electron chi connectivity index (χ4n) is 2.16. The molecular weight excluding hydrogens is 300 g/mol. The molecule has 0 saturated carbocycles. The van der Waals surface area contributed by atoms with E-state index in [-0.39, 0.29) is 6.61 Å². The van der Waals surface area contributed by atoms with E-state index in [4.69, 9.17) is 23.7 Å². The van der Waals surface area contributed by atoms with Crippen LogP contribution in [0.5, 0.6) is 0 Å². The molecule has 126 valence electrons. The van der Waals surface area contributed by atoms with E-state index in [9.17, 15) is 19.5 Å². The first kappa shape index (κ1) is 18.3. The number of aliphatic hydroxyl groups excluding tert-OH is 1. The van der Waals surface area contributed by atoms with Gasteiger partial charge in [-0.1, -0.05) is 0 Å². The number of methoxy groups -OCH3 is 1. The van der Waals surface area contributed by atoms with Crippen molar-refractivity contribution in [2.75, 3.05) is 13.7 Å². The second-order valence-electron chi connectivity index (χ2n) is 4.72. The highest BCUT2D eigenvalue weighted by molar-refractivity contribution is 5.67. The summed E-state index contributed by atoms with van der Waals surface area (Å²) in [4.78, 5) is 33.3. The quantitative estimate of drug-likeness (QED) is 0.510. The summed E-state index contributed by atoms with van der Waals surface area (Å²) < 4.78 is 25.3. The molecule has 0 radical (unpaired) electrons. The number of carbonyl (C=O) groups excluding carboxylic acids is 3. The summed E-state index contributed by atoms with van der Waals surface area (Å²) in [5, 5.41) is 9.96. The summed E-state index contributed by atoms with van der Waals surface area (Å²) in [7, 11) is 1.33. The molecule has 3 unspecified atom stereocenters. The summed E-state index contributed by atoms with van der Waals surface area (Å²) in [6, 6.07) is 0. The fourth-order valence-corrected chi connectivity index (χ4v) is 2.16. The lowest BCUT2D eigenvalue weighted by Crippen LogP contribution is -2.61. The lowest BCUT2D eigenvalue weighted by Gasteiger charge is -2.42. The first-order valence-corrected chi connectivity index (χ1v) is 6.60. The number of hydrogen-bond acceptors (Lipinski definition) is 9. The van der Waals surface area contributed by atoms with E-state index in [0.29, 0.717) is 0 Å². The minimum absolute atomic E-state index is 0.213. The van der Waals surface area contributed by atoms with Gasteiger partial charge in [-0.25, -0.2) is 0 Å². The Morgan fingerprint density at radius 1 is 0.955 bits per heavy atom. The lowest BCUT2D eigenvalue weighted by molar-refractivity contribution is -0.297. The molecule has 0 aromatic carbocycles. The third kappa shape index (κ3) is 4.93. The van der Waals surface area contributed by atoms with Crippen molar-refractivity contribution in [2.45, 2.75) is 51.5 Å². The maximum atomic E-state index is 11.3.